The van der Waals surface area contributed by atoms with Crippen molar-refractivity contribution < 1.29 is 9.84 Å². The van der Waals surface area contributed by atoms with Gasteiger partial charge in [0.05, 0.1) is 20.8 Å². The lowest BCUT2D eigenvalue weighted by Crippen LogP contribution is -1.88. The fourth-order valence-corrected chi connectivity index (χ4v) is 2.96. The van der Waals surface area contributed by atoms with Gasteiger partial charge in [0.25, 0.3) is 0 Å². The average Bonchev–Trinajstić information content (AvgIpc) is 2.87. The van der Waals surface area contributed by atoms with Gasteiger partial charge in [-0.1, -0.05) is 53.0 Å². The van der Waals surface area contributed by atoms with Gasteiger partial charge in [-0.15, -0.1) is 5.11 Å². The van der Waals surface area contributed by atoms with Gasteiger partial charge in [-0.3, -0.25) is 0 Å². The molecule has 5 nitrogen and oxygen atoms in total. The molecule has 0 unspecified atom stereocenters. The minimum Gasteiger partial charge on any atom is -0.494 e. The summed E-state index contributed by atoms with van der Waals surface area (Å²) in [5.41, 5.74) is 7.12. The minimum atomic E-state index is -0.262. The first-order chi connectivity index (χ1) is 10.5. The van der Waals surface area contributed by atoms with Crippen LogP contribution in [-0.2, 0) is 0 Å². The van der Waals surface area contributed by atoms with Crippen LogP contribution >= 0.6 is 34.8 Å². The van der Waals surface area contributed by atoms with Crippen molar-refractivity contribution in [3.05, 3.63) is 45.4 Å². The van der Waals surface area contributed by atoms with Gasteiger partial charge in [-0.2, -0.15) is 0 Å². The molecule has 1 heterocycles. The number of H-pyrrole nitrogens is 1. The molecule has 3 rings (SSSR count). The van der Waals surface area contributed by atoms with Gasteiger partial charge in [0, 0.05) is 0 Å². The number of para-hydroxylation sites is 1. The van der Waals surface area contributed by atoms with Gasteiger partial charge in [-0.05, 0) is 12.1 Å². The molecule has 2 aromatic carbocycles. The van der Waals surface area contributed by atoms with Crippen molar-refractivity contribution in [3.8, 4) is 17.4 Å². The number of fused-ring (bicyclic) bond motifs is 1. The third kappa shape index (κ3) is 2.27. The quantitative estimate of drug-likeness (QED) is 0.381. The standard InChI is InChI=1S/C14H8Cl3N3O2/c15-9-7-8(14(21)19-13(7)20-18)10(16)12(11(9)17)22-6-4-2-1-3-5-6/h1-5,18-19,21H. The number of ether oxygens (including phenoxy) is 1. The summed E-state index contributed by atoms with van der Waals surface area (Å²) >= 11 is 18.7. The smallest absolute Gasteiger partial charge is 0.199 e. The van der Waals surface area contributed by atoms with E-state index in [1.807, 2.05) is 6.07 Å². The SMILES string of the molecule is N=Nc1[nH]c(O)c2c(Cl)c(Oc3ccccc3)c(Cl)c(Cl)c12. The number of rotatable bonds is 3. The van der Waals surface area contributed by atoms with E-state index in [1.54, 1.807) is 24.3 Å². The van der Waals surface area contributed by atoms with Crippen LogP contribution in [0, 0.1) is 5.53 Å². The molecule has 8 heteroatoms. The largest absolute Gasteiger partial charge is 0.494 e. The molecule has 0 saturated carbocycles. The van der Waals surface area contributed by atoms with Crippen molar-refractivity contribution in [2.75, 3.05) is 0 Å². The van der Waals surface area contributed by atoms with Crippen LogP contribution in [0.3, 0.4) is 0 Å². The monoisotopic (exact) mass is 355 g/mol. The fourth-order valence-electron chi connectivity index (χ4n) is 2.10. The fraction of sp³-hybridized carbons (Fsp3) is 0. The summed E-state index contributed by atoms with van der Waals surface area (Å²) in [6.45, 7) is 0. The van der Waals surface area contributed by atoms with E-state index in [2.05, 4.69) is 10.1 Å². The molecule has 0 aliphatic carbocycles. The Morgan fingerprint density at radius 2 is 1.68 bits per heavy atom. The van der Waals surface area contributed by atoms with Crippen LogP contribution in [0.15, 0.2) is 35.4 Å². The molecule has 0 aliphatic rings. The van der Waals surface area contributed by atoms with E-state index in [1.165, 1.54) is 0 Å². The third-order valence-corrected chi connectivity index (χ3v) is 4.26. The normalized spacial score (nSPS) is 10.9. The molecule has 3 aromatic rings. The topological polar surface area (TPSA) is 81.5 Å². The van der Waals surface area contributed by atoms with Crippen LogP contribution < -0.4 is 4.74 Å². The predicted molar refractivity (Wildman–Crippen MR) is 86.3 cm³/mol. The highest BCUT2D eigenvalue weighted by Crippen LogP contribution is 2.51. The van der Waals surface area contributed by atoms with Crippen LogP contribution in [0.1, 0.15) is 0 Å². The highest BCUT2D eigenvalue weighted by Gasteiger charge is 2.24. The zero-order valence-electron chi connectivity index (χ0n) is 10.8. The lowest BCUT2D eigenvalue weighted by Gasteiger charge is -2.12. The Balaban J connectivity index is 2.28. The third-order valence-electron chi connectivity index (χ3n) is 3.07. The number of aromatic hydroxyl groups is 1. The molecule has 0 atom stereocenters. The molecule has 0 bridgehead atoms. The van der Waals surface area contributed by atoms with Crippen molar-refractivity contribution in [2.45, 2.75) is 0 Å². The van der Waals surface area contributed by atoms with E-state index >= 15 is 0 Å². The number of halogens is 3. The maximum Gasteiger partial charge on any atom is 0.199 e. The molecule has 112 valence electrons. The Hall–Kier alpha value is -1.95. The van der Waals surface area contributed by atoms with Crippen molar-refractivity contribution >= 4 is 51.4 Å². The average molecular weight is 357 g/mol. The van der Waals surface area contributed by atoms with Gasteiger partial charge < -0.3 is 14.8 Å². The first-order valence-corrected chi connectivity index (χ1v) is 7.19. The van der Waals surface area contributed by atoms with Gasteiger partial charge in [-0.25, -0.2) is 5.53 Å². The zero-order valence-corrected chi connectivity index (χ0v) is 13.1. The van der Waals surface area contributed by atoms with Gasteiger partial charge >= 0.3 is 0 Å². The Bertz CT molecular complexity index is 878. The van der Waals surface area contributed by atoms with E-state index in [-0.39, 0.29) is 43.3 Å². The first kappa shape index (κ1) is 15.0. The van der Waals surface area contributed by atoms with Gasteiger partial charge in [0.1, 0.15) is 10.8 Å². The molecular weight excluding hydrogens is 349 g/mol. The summed E-state index contributed by atoms with van der Waals surface area (Å²) in [5.74, 6) is 0.440. The summed E-state index contributed by atoms with van der Waals surface area (Å²) in [4.78, 5) is 2.52. The second kappa shape index (κ2) is 5.68. The number of nitrogens with one attached hydrogen (secondary N) is 2. The number of nitrogens with zero attached hydrogens (tertiary/aromatic N) is 1. The molecule has 0 amide bonds. The molecular formula is C14H8Cl3N3O2. The summed E-state index contributed by atoms with van der Waals surface area (Å²) in [6, 6.07) is 8.88. The molecule has 3 N–H and O–H groups in total. The second-order valence-electron chi connectivity index (χ2n) is 4.37. The van der Waals surface area contributed by atoms with Crippen LogP contribution in [0.5, 0.6) is 17.4 Å². The van der Waals surface area contributed by atoms with Gasteiger partial charge in [0.2, 0.25) is 0 Å². The van der Waals surface area contributed by atoms with E-state index in [9.17, 15) is 5.11 Å². The summed E-state index contributed by atoms with van der Waals surface area (Å²) in [5, 5.41) is 14.0. The maximum atomic E-state index is 9.97. The summed E-state index contributed by atoms with van der Waals surface area (Å²) < 4.78 is 5.68. The molecule has 0 fully saturated rings. The van der Waals surface area contributed by atoms with Crippen LogP contribution in [0.4, 0.5) is 5.82 Å². The number of hydrogen-bond donors (Lipinski definition) is 3. The maximum absolute atomic E-state index is 9.97. The van der Waals surface area contributed by atoms with E-state index in [0.29, 0.717) is 5.75 Å². The molecule has 0 saturated heterocycles. The minimum absolute atomic E-state index is 0.0626. The molecule has 0 aliphatic heterocycles. The Kier molecular flexibility index (Phi) is 3.87. The van der Waals surface area contributed by atoms with Crippen molar-refractivity contribution in [3.63, 3.8) is 0 Å². The summed E-state index contributed by atoms with van der Waals surface area (Å²) in [6.07, 6.45) is 0. The van der Waals surface area contributed by atoms with E-state index < -0.39 is 0 Å². The van der Waals surface area contributed by atoms with Crippen molar-refractivity contribution in [1.82, 2.24) is 4.98 Å². The Morgan fingerprint density at radius 3 is 2.32 bits per heavy atom. The molecule has 1 aromatic heterocycles. The molecule has 0 spiro atoms. The highest BCUT2D eigenvalue weighted by molar-refractivity contribution is 6.50. The zero-order chi connectivity index (χ0) is 15.9. The number of aromatic nitrogens is 1. The lowest BCUT2D eigenvalue weighted by molar-refractivity contribution is 0.461. The predicted octanol–water partition coefficient (Wildman–Crippen LogP) is 6.29. The van der Waals surface area contributed by atoms with Crippen LogP contribution in [0.25, 0.3) is 10.8 Å². The van der Waals surface area contributed by atoms with Crippen LogP contribution in [0.2, 0.25) is 15.1 Å². The number of aromatic amines is 1. The molecule has 0 radical (unpaired) electrons. The number of benzene rings is 2. The Morgan fingerprint density at radius 1 is 1.00 bits per heavy atom. The second-order valence-corrected chi connectivity index (χ2v) is 5.50. The molecule has 22 heavy (non-hydrogen) atoms. The number of hydrogen-bond acceptors (Lipinski definition) is 4. The summed E-state index contributed by atoms with van der Waals surface area (Å²) in [7, 11) is 0. The lowest BCUT2D eigenvalue weighted by atomic mass is 10.2. The van der Waals surface area contributed by atoms with Crippen molar-refractivity contribution in [1.29, 1.82) is 5.53 Å². The van der Waals surface area contributed by atoms with Crippen LogP contribution in [-0.4, -0.2) is 10.1 Å². The van der Waals surface area contributed by atoms with Gasteiger partial charge in [0.15, 0.2) is 17.4 Å². The first-order valence-electron chi connectivity index (χ1n) is 6.06. The van der Waals surface area contributed by atoms with Crippen molar-refractivity contribution in [2.24, 2.45) is 5.11 Å². The highest BCUT2D eigenvalue weighted by atomic mass is 35.5. The Labute approximate surface area is 139 Å². The van der Waals surface area contributed by atoms with E-state index in [0.717, 1.165) is 0 Å². The van der Waals surface area contributed by atoms with E-state index in [4.69, 9.17) is 45.1 Å².